The Labute approximate surface area is 152 Å². The molecule has 1 heterocycles. The first-order valence-corrected chi connectivity index (χ1v) is 9.87. The summed E-state index contributed by atoms with van der Waals surface area (Å²) in [6, 6.07) is 11.0. The zero-order valence-corrected chi connectivity index (χ0v) is 15.5. The van der Waals surface area contributed by atoms with Crippen LogP contribution in [0.5, 0.6) is 11.5 Å². The van der Waals surface area contributed by atoms with Gasteiger partial charge in [-0.25, -0.2) is 8.42 Å². The van der Waals surface area contributed by atoms with Crippen LogP contribution in [0.2, 0.25) is 0 Å². The van der Waals surface area contributed by atoms with Crippen LogP contribution in [0.4, 0.5) is 11.4 Å². The molecule has 138 valence electrons. The molecule has 1 aliphatic rings. The van der Waals surface area contributed by atoms with Crippen LogP contribution in [-0.4, -0.2) is 33.4 Å². The van der Waals surface area contributed by atoms with Gasteiger partial charge in [0.15, 0.2) is 11.5 Å². The summed E-state index contributed by atoms with van der Waals surface area (Å²) < 4.78 is 36.2. The summed E-state index contributed by atoms with van der Waals surface area (Å²) >= 11 is 0. The molecule has 0 radical (unpaired) electrons. The lowest BCUT2D eigenvalue weighted by atomic mass is 10.2. The van der Waals surface area contributed by atoms with Crippen molar-refractivity contribution in [3.63, 3.8) is 0 Å². The molecule has 26 heavy (non-hydrogen) atoms. The molecule has 7 nitrogen and oxygen atoms in total. The number of hydrogen-bond acceptors (Lipinski definition) is 5. The van der Waals surface area contributed by atoms with Crippen molar-refractivity contribution in [2.24, 2.45) is 0 Å². The Balaban J connectivity index is 1.83. The van der Waals surface area contributed by atoms with E-state index in [2.05, 4.69) is 5.32 Å². The highest BCUT2D eigenvalue weighted by Crippen LogP contribution is 2.34. The van der Waals surface area contributed by atoms with Crippen LogP contribution in [-0.2, 0) is 14.8 Å². The quantitative estimate of drug-likeness (QED) is 0.867. The van der Waals surface area contributed by atoms with E-state index in [0.717, 1.165) is 16.1 Å². The van der Waals surface area contributed by atoms with Crippen LogP contribution >= 0.6 is 0 Å². The number of hydrogen-bond donors (Lipinski definition) is 1. The number of rotatable bonds is 5. The molecule has 0 spiro atoms. The van der Waals surface area contributed by atoms with E-state index in [1.165, 1.54) is 0 Å². The first-order chi connectivity index (χ1) is 12.3. The molecule has 2 aromatic rings. The van der Waals surface area contributed by atoms with Gasteiger partial charge < -0.3 is 14.8 Å². The molecule has 0 aliphatic carbocycles. The minimum atomic E-state index is -3.65. The number of nitrogens with zero attached hydrogens (tertiary/aromatic N) is 1. The van der Waals surface area contributed by atoms with Gasteiger partial charge in [0.05, 0.1) is 11.9 Å². The lowest BCUT2D eigenvalue weighted by molar-refractivity contribution is -0.116. The van der Waals surface area contributed by atoms with E-state index < -0.39 is 22.0 Å². The maximum Gasteiger partial charge on any atom is 0.247 e. The Morgan fingerprint density at radius 3 is 2.42 bits per heavy atom. The Hall–Kier alpha value is -2.74. The van der Waals surface area contributed by atoms with Gasteiger partial charge in [0, 0.05) is 11.8 Å². The summed E-state index contributed by atoms with van der Waals surface area (Å²) in [6.07, 6.45) is 1.08. The summed E-state index contributed by atoms with van der Waals surface area (Å²) in [6.45, 7) is 3.59. The van der Waals surface area contributed by atoms with Gasteiger partial charge in [-0.05, 0) is 38.1 Å². The molecule has 8 heteroatoms. The normalized spacial score (nSPS) is 14.0. The van der Waals surface area contributed by atoms with E-state index in [9.17, 15) is 13.2 Å². The zero-order chi connectivity index (χ0) is 18.9. The second-order valence-corrected chi connectivity index (χ2v) is 7.99. The van der Waals surface area contributed by atoms with Crippen molar-refractivity contribution in [1.82, 2.24) is 0 Å². The van der Waals surface area contributed by atoms with Crippen LogP contribution in [0.25, 0.3) is 0 Å². The average molecular weight is 376 g/mol. The molecule has 3 rings (SSSR count). The lowest BCUT2D eigenvalue weighted by Gasteiger charge is -2.28. The fourth-order valence-electron chi connectivity index (χ4n) is 2.72. The van der Waals surface area contributed by atoms with Crippen molar-refractivity contribution in [1.29, 1.82) is 0 Å². The van der Waals surface area contributed by atoms with Crippen molar-refractivity contribution in [2.45, 2.75) is 19.9 Å². The zero-order valence-electron chi connectivity index (χ0n) is 14.7. The maximum absolute atomic E-state index is 12.7. The van der Waals surface area contributed by atoms with E-state index in [4.69, 9.17) is 9.47 Å². The molecule has 0 saturated heterocycles. The van der Waals surface area contributed by atoms with Gasteiger partial charge in [-0.1, -0.05) is 17.7 Å². The molecule has 0 bridgehead atoms. The summed E-state index contributed by atoms with van der Waals surface area (Å²) in [4.78, 5) is 12.7. The molecule has 1 atom stereocenters. The minimum Gasteiger partial charge on any atom is -0.454 e. The van der Waals surface area contributed by atoms with Crippen molar-refractivity contribution >= 4 is 27.3 Å². The third-order valence-corrected chi connectivity index (χ3v) is 5.26. The van der Waals surface area contributed by atoms with Gasteiger partial charge in [0.1, 0.15) is 6.04 Å². The number of carbonyl (C=O) groups excluding carboxylic acids is 1. The summed E-state index contributed by atoms with van der Waals surface area (Å²) in [5.74, 6) is 0.692. The number of carbonyl (C=O) groups is 1. The monoisotopic (exact) mass is 376 g/mol. The molecule has 1 aliphatic heterocycles. The van der Waals surface area contributed by atoms with Crippen molar-refractivity contribution < 1.29 is 22.7 Å². The Morgan fingerprint density at radius 2 is 1.77 bits per heavy atom. The number of nitrogens with one attached hydrogen (secondary N) is 1. The third-order valence-electron chi connectivity index (χ3n) is 4.02. The number of anilines is 2. The van der Waals surface area contributed by atoms with E-state index in [-0.39, 0.29) is 6.79 Å². The SMILES string of the molecule is Cc1ccc(N([C@@H](C)C(=O)Nc2ccc3c(c2)OCO3)S(C)(=O)=O)cc1. The second-order valence-electron chi connectivity index (χ2n) is 6.13. The Morgan fingerprint density at radius 1 is 1.12 bits per heavy atom. The number of amides is 1. The molecule has 0 aromatic heterocycles. The topological polar surface area (TPSA) is 84.9 Å². The number of aryl methyl sites for hydroxylation is 1. The highest BCUT2D eigenvalue weighted by Gasteiger charge is 2.29. The van der Waals surface area contributed by atoms with Crippen LogP contribution in [0.15, 0.2) is 42.5 Å². The predicted octanol–water partition coefficient (Wildman–Crippen LogP) is 2.52. The maximum atomic E-state index is 12.7. The standard InChI is InChI=1S/C18H20N2O5S/c1-12-4-7-15(8-5-12)20(26(3,22)23)13(2)18(21)19-14-6-9-16-17(10-14)25-11-24-16/h4-10,13H,11H2,1-3H3,(H,19,21)/t13-/m0/s1. The molecular weight excluding hydrogens is 356 g/mol. The minimum absolute atomic E-state index is 0.137. The number of sulfonamides is 1. The lowest BCUT2D eigenvalue weighted by Crippen LogP contribution is -2.45. The second kappa shape index (κ2) is 6.87. The van der Waals surface area contributed by atoms with E-state index in [0.29, 0.717) is 22.9 Å². The van der Waals surface area contributed by atoms with E-state index >= 15 is 0 Å². The fraction of sp³-hybridized carbons (Fsp3) is 0.278. The van der Waals surface area contributed by atoms with E-state index in [1.807, 2.05) is 6.92 Å². The molecule has 1 N–H and O–H groups in total. The summed E-state index contributed by atoms with van der Waals surface area (Å²) in [5.41, 5.74) is 1.94. The van der Waals surface area contributed by atoms with Gasteiger partial charge in [0.2, 0.25) is 22.7 Å². The van der Waals surface area contributed by atoms with Crippen LogP contribution in [0.3, 0.4) is 0 Å². The smallest absolute Gasteiger partial charge is 0.247 e. The van der Waals surface area contributed by atoms with Gasteiger partial charge in [-0.3, -0.25) is 9.10 Å². The van der Waals surface area contributed by atoms with Crippen molar-refractivity contribution in [3.8, 4) is 11.5 Å². The number of ether oxygens (including phenoxy) is 2. The third kappa shape index (κ3) is 3.75. The molecule has 0 unspecified atom stereocenters. The van der Waals surface area contributed by atoms with Crippen LogP contribution in [0, 0.1) is 6.92 Å². The highest BCUT2D eigenvalue weighted by molar-refractivity contribution is 7.92. The molecule has 1 amide bonds. The van der Waals surface area contributed by atoms with E-state index in [1.54, 1.807) is 49.4 Å². The Kier molecular flexibility index (Phi) is 4.78. The number of fused-ring (bicyclic) bond motifs is 1. The highest BCUT2D eigenvalue weighted by atomic mass is 32.2. The summed E-state index contributed by atoms with van der Waals surface area (Å²) in [5, 5.41) is 2.72. The van der Waals surface area contributed by atoms with Gasteiger partial charge in [-0.15, -0.1) is 0 Å². The summed E-state index contributed by atoms with van der Waals surface area (Å²) in [7, 11) is -3.65. The van der Waals surface area contributed by atoms with Crippen LogP contribution in [0.1, 0.15) is 12.5 Å². The Bertz CT molecular complexity index is 925. The molecule has 0 saturated carbocycles. The molecule has 2 aromatic carbocycles. The average Bonchev–Trinajstić information content (AvgIpc) is 3.03. The fourth-order valence-corrected chi connectivity index (χ4v) is 3.90. The van der Waals surface area contributed by atoms with Gasteiger partial charge >= 0.3 is 0 Å². The van der Waals surface area contributed by atoms with Crippen molar-refractivity contribution in [2.75, 3.05) is 22.7 Å². The first-order valence-electron chi connectivity index (χ1n) is 8.02. The van der Waals surface area contributed by atoms with Crippen LogP contribution < -0.4 is 19.1 Å². The van der Waals surface area contributed by atoms with Gasteiger partial charge in [0.25, 0.3) is 0 Å². The molecular formula is C18H20N2O5S. The predicted molar refractivity (Wildman–Crippen MR) is 99.2 cm³/mol. The van der Waals surface area contributed by atoms with Crippen molar-refractivity contribution in [3.05, 3.63) is 48.0 Å². The largest absolute Gasteiger partial charge is 0.454 e. The first kappa shape index (κ1) is 18.1. The molecule has 0 fully saturated rings. The number of benzene rings is 2. The van der Waals surface area contributed by atoms with Gasteiger partial charge in [-0.2, -0.15) is 0 Å².